The number of nitrogens with zero attached hydrogens (tertiary/aromatic N) is 2. The van der Waals surface area contributed by atoms with Crippen molar-refractivity contribution in [2.24, 2.45) is 0 Å². The molecule has 0 aliphatic carbocycles. The maximum atomic E-state index is 12.6. The molecule has 1 amide bonds. The molecule has 3 rings (SSSR count). The summed E-state index contributed by atoms with van der Waals surface area (Å²) >= 11 is 0. The van der Waals surface area contributed by atoms with E-state index in [2.05, 4.69) is 5.32 Å². The lowest BCUT2D eigenvalue weighted by Gasteiger charge is -2.19. The van der Waals surface area contributed by atoms with E-state index in [0.29, 0.717) is 18.7 Å². The van der Waals surface area contributed by atoms with Crippen molar-refractivity contribution in [2.75, 3.05) is 26.2 Å². The van der Waals surface area contributed by atoms with Gasteiger partial charge < -0.3 is 10.2 Å². The number of benzene rings is 1. The number of carbonyl (C=O) groups is 1. The fourth-order valence-corrected chi connectivity index (χ4v) is 3.91. The molecule has 0 bridgehead atoms. The van der Waals surface area contributed by atoms with E-state index in [9.17, 15) is 13.2 Å². The Morgan fingerprint density at radius 3 is 2.52 bits per heavy atom. The first-order valence-corrected chi connectivity index (χ1v) is 9.43. The predicted molar refractivity (Wildman–Crippen MR) is 98.8 cm³/mol. The van der Waals surface area contributed by atoms with E-state index < -0.39 is 10.0 Å². The van der Waals surface area contributed by atoms with Gasteiger partial charge >= 0.3 is 0 Å². The highest BCUT2D eigenvalue weighted by Gasteiger charge is 2.21. The Hall–Kier alpha value is -1.83. The van der Waals surface area contributed by atoms with Crippen LogP contribution in [-0.4, -0.2) is 49.4 Å². The third-order valence-electron chi connectivity index (χ3n) is 4.14. The standard InChI is InChI=1S/C17H21N3O3S.ClH/c1-14-3-5-16(6-4-14)24(22,23)20-11-7-15(13-20)17(21)19-10-2-8-18-9-12-19;/h3-7,11,13,18H,2,8-10,12H2,1H3;1H. The number of nitrogens with one attached hydrogen (secondary N) is 1. The van der Waals surface area contributed by atoms with Crippen LogP contribution < -0.4 is 5.32 Å². The lowest BCUT2D eigenvalue weighted by Crippen LogP contribution is -2.34. The fourth-order valence-electron chi connectivity index (χ4n) is 2.72. The molecule has 6 nitrogen and oxygen atoms in total. The van der Waals surface area contributed by atoms with Gasteiger partial charge in [0, 0.05) is 32.0 Å². The molecule has 1 saturated heterocycles. The van der Waals surface area contributed by atoms with Crippen LogP contribution in [0.15, 0.2) is 47.6 Å². The minimum Gasteiger partial charge on any atom is -0.337 e. The van der Waals surface area contributed by atoms with Crippen LogP contribution in [0.1, 0.15) is 22.3 Å². The molecule has 1 aromatic carbocycles. The first kappa shape index (κ1) is 19.5. The zero-order chi connectivity index (χ0) is 17.2. The van der Waals surface area contributed by atoms with Crippen molar-refractivity contribution in [1.82, 2.24) is 14.2 Å². The van der Waals surface area contributed by atoms with Gasteiger partial charge in [0.1, 0.15) is 0 Å². The molecule has 1 aliphatic rings. The Morgan fingerprint density at radius 1 is 1.08 bits per heavy atom. The number of aromatic nitrogens is 1. The molecule has 25 heavy (non-hydrogen) atoms. The van der Waals surface area contributed by atoms with Crippen molar-refractivity contribution in [1.29, 1.82) is 0 Å². The van der Waals surface area contributed by atoms with Gasteiger partial charge in [0.15, 0.2) is 0 Å². The van der Waals surface area contributed by atoms with Crippen LogP contribution in [-0.2, 0) is 10.0 Å². The highest BCUT2D eigenvalue weighted by molar-refractivity contribution is 7.90. The minimum atomic E-state index is -3.67. The smallest absolute Gasteiger partial charge is 0.267 e. The lowest BCUT2D eigenvalue weighted by molar-refractivity contribution is 0.0766. The van der Waals surface area contributed by atoms with E-state index in [4.69, 9.17) is 0 Å². The van der Waals surface area contributed by atoms with E-state index in [1.807, 2.05) is 6.92 Å². The second-order valence-corrected chi connectivity index (χ2v) is 7.79. The number of amides is 1. The predicted octanol–water partition coefficient (Wildman–Crippen LogP) is 1.89. The maximum absolute atomic E-state index is 12.6. The van der Waals surface area contributed by atoms with E-state index in [0.717, 1.165) is 29.0 Å². The van der Waals surface area contributed by atoms with Crippen LogP contribution in [0.2, 0.25) is 0 Å². The van der Waals surface area contributed by atoms with Crippen molar-refractivity contribution >= 4 is 28.3 Å². The Bertz CT molecular complexity index is 823. The number of hydrogen-bond acceptors (Lipinski definition) is 4. The first-order valence-electron chi connectivity index (χ1n) is 7.99. The normalized spacial score (nSPS) is 15.3. The summed E-state index contributed by atoms with van der Waals surface area (Å²) in [5.74, 6) is -0.128. The van der Waals surface area contributed by atoms with Gasteiger partial charge in [0.2, 0.25) is 0 Å². The molecule has 0 atom stereocenters. The summed E-state index contributed by atoms with van der Waals surface area (Å²) in [6.07, 6.45) is 3.72. The molecule has 136 valence electrons. The molecule has 1 N–H and O–H groups in total. The first-order chi connectivity index (χ1) is 11.5. The van der Waals surface area contributed by atoms with Gasteiger partial charge in [-0.3, -0.25) is 4.79 Å². The molecular weight excluding hydrogens is 362 g/mol. The molecule has 0 unspecified atom stereocenters. The summed E-state index contributed by atoms with van der Waals surface area (Å²) in [6, 6.07) is 8.23. The van der Waals surface area contributed by atoms with Crippen LogP contribution in [0.3, 0.4) is 0 Å². The van der Waals surface area contributed by atoms with Crippen LogP contribution >= 0.6 is 12.4 Å². The third kappa shape index (κ3) is 4.23. The van der Waals surface area contributed by atoms with E-state index >= 15 is 0 Å². The van der Waals surface area contributed by atoms with Crippen LogP contribution in [0.4, 0.5) is 0 Å². The van der Waals surface area contributed by atoms with Gasteiger partial charge in [-0.2, -0.15) is 0 Å². The largest absolute Gasteiger partial charge is 0.337 e. The van der Waals surface area contributed by atoms with Gasteiger partial charge in [0.25, 0.3) is 15.9 Å². The summed E-state index contributed by atoms with van der Waals surface area (Å²) < 4.78 is 26.4. The van der Waals surface area contributed by atoms with E-state index in [1.54, 1.807) is 35.2 Å². The van der Waals surface area contributed by atoms with Crippen LogP contribution in [0.25, 0.3) is 0 Å². The molecule has 2 heterocycles. The highest BCUT2D eigenvalue weighted by Crippen LogP contribution is 2.17. The van der Waals surface area contributed by atoms with Crippen LogP contribution in [0, 0.1) is 6.92 Å². The summed E-state index contributed by atoms with van der Waals surface area (Å²) in [6.45, 7) is 4.87. The Labute approximate surface area is 154 Å². The molecule has 8 heteroatoms. The summed E-state index contributed by atoms with van der Waals surface area (Å²) in [7, 11) is -3.67. The Morgan fingerprint density at radius 2 is 1.80 bits per heavy atom. The van der Waals surface area contributed by atoms with Crippen molar-refractivity contribution in [2.45, 2.75) is 18.2 Å². The number of carbonyl (C=O) groups excluding carboxylic acids is 1. The Kier molecular flexibility index (Phi) is 6.26. The summed E-state index contributed by atoms with van der Waals surface area (Å²) in [5, 5.41) is 3.24. The maximum Gasteiger partial charge on any atom is 0.267 e. The second-order valence-electron chi connectivity index (χ2n) is 5.94. The molecular formula is C17H22ClN3O3S. The van der Waals surface area contributed by atoms with Gasteiger partial charge in [0.05, 0.1) is 10.5 Å². The van der Waals surface area contributed by atoms with Crippen LogP contribution in [0.5, 0.6) is 0 Å². The highest BCUT2D eigenvalue weighted by atomic mass is 35.5. The zero-order valence-corrected chi connectivity index (χ0v) is 15.6. The third-order valence-corrected chi connectivity index (χ3v) is 5.79. The molecule has 0 saturated carbocycles. The van der Waals surface area contributed by atoms with Crippen molar-refractivity contribution in [3.63, 3.8) is 0 Å². The molecule has 0 spiro atoms. The zero-order valence-electron chi connectivity index (χ0n) is 14.0. The number of hydrogen-bond donors (Lipinski definition) is 1. The average molecular weight is 384 g/mol. The molecule has 1 fully saturated rings. The monoisotopic (exact) mass is 383 g/mol. The molecule has 1 aliphatic heterocycles. The topological polar surface area (TPSA) is 71.4 Å². The number of aryl methyl sites for hydroxylation is 1. The SMILES string of the molecule is Cc1ccc(S(=O)(=O)n2ccc(C(=O)N3CCCNCC3)c2)cc1.Cl. The van der Waals surface area contributed by atoms with E-state index in [1.165, 1.54) is 12.4 Å². The van der Waals surface area contributed by atoms with E-state index in [-0.39, 0.29) is 23.2 Å². The molecule has 0 radical (unpaired) electrons. The van der Waals surface area contributed by atoms with Crippen molar-refractivity contribution in [3.05, 3.63) is 53.9 Å². The second kappa shape index (κ2) is 8.03. The van der Waals surface area contributed by atoms with Gasteiger partial charge in [-0.05, 0) is 38.1 Å². The van der Waals surface area contributed by atoms with Gasteiger partial charge in [-0.25, -0.2) is 12.4 Å². The van der Waals surface area contributed by atoms with Crippen molar-refractivity contribution < 1.29 is 13.2 Å². The number of rotatable bonds is 3. The Balaban J connectivity index is 0.00000225. The fraction of sp³-hybridized carbons (Fsp3) is 0.353. The summed E-state index contributed by atoms with van der Waals surface area (Å²) in [5.41, 5.74) is 1.39. The molecule has 1 aromatic heterocycles. The minimum absolute atomic E-state index is 0. The van der Waals surface area contributed by atoms with Crippen molar-refractivity contribution in [3.8, 4) is 0 Å². The number of halogens is 1. The lowest BCUT2D eigenvalue weighted by atomic mass is 10.2. The molecule has 2 aromatic rings. The average Bonchev–Trinajstić information content (AvgIpc) is 2.92. The van der Waals surface area contributed by atoms with Gasteiger partial charge in [-0.1, -0.05) is 17.7 Å². The quantitative estimate of drug-likeness (QED) is 0.878. The van der Waals surface area contributed by atoms with Gasteiger partial charge in [-0.15, -0.1) is 12.4 Å². The summed E-state index contributed by atoms with van der Waals surface area (Å²) in [4.78, 5) is 14.5.